The van der Waals surface area contributed by atoms with E-state index in [4.69, 9.17) is 11.6 Å². The average molecular weight is 479 g/mol. The van der Waals surface area contributed by atoms with Crippen LogP contribution in [-0.2, 0) is 11.3 Å². The Hall–Kier alpha value is -3.53. The molecule has 2 heterocycles. The number of aromatic amines is 1. The van der Waals surface area contributed by atoms with Crippen LogP contribution in [0.2, 0.25) is 5.02 Å². The van der Waals surface area contributed by atoms with Crippen molar-refractivity contribution in [1.82, 2.24) is 14.8 Å². The largest absolute Gasteiger partial charge is 0.335 e. The number of nitrogens with zero attached hydrogens (tertiary/aromatic N) is 2. The van der Waals surface area contributed by atoms with Crippen molar-refractivity contribution in [2.45, 2.75) is 19.5 Å². The number of nitrogens with one attached hydrogen (secondary N) is 2. The molecule has 0 radical (unpaired) electrons. The van der Waals surface area contributed by atoms with E-state index in [1.165, 1.54) is 35.9 Å². The van der Waals surface area contributed by atoms with E-state index in [1.807, 2.05) is 0 Å². The zero-order valence-electron chi connectivity index (χ0n) is 17.5. The lowest BCUT2D eigenvalue weighted by Crippen LogP contribution is -2.46. The molecular formula is C22H18ClF3N4O3. The summed E-state index contributed by atoms with van der Waals surface area (Å²) in [4.78, 5) is 42.9. The molecule has 0 saturated heterocycles. The Morgan fingerprint density at radius 3 is 2.42 bits per heavy atom. The van der Waals surface area contributed by atoms with Crippen molar-refractivity contribution in [1.29, 1.82) is 0 Å². The molecule has 0 fully saturated rings. The van der Waals surface area contributed by atoms with Gasteiger partial charge in [-0.3, -0.25) is 9.59 Å². The molecule has 4 rings (SSSR count). The molecule has 1 aliphatic rings. The molecule has 0 saturated carbocycles. The molecule has 1 aliphatic heterocycles. The first-order valence-electron chi connectivity index (χ1n) is 9.85. The van der Waals surface area contributed by atoms with Gasteiger partial charge in [-0.1, -0.05) is 11.6 Å². The number of carbonyl (C=O) groups is 2. The molecule has 3 aromatic rings. The van der Waals surface area contributed by atoms with Crippen LogP contribution in [0, 0.1) is 17.5 Å². The number of carbonyl (C=O) groups excluding carboxylic acids is 2. The summed E-state index contributed by atoms with van der Waals surface area (Å²) in [7, 11) is 1.45. The molecule has 1 aromatic heterocycles. The highest BCUT2D eigenvalue weighted by molar-refractivity contribution is 6.31. The summed E-state index contributed by atoms with van der Waals surface area (Å²) >= 11 is 5.77. The van der Waals surface area contributed by atoms with Crippen LogP contribution >= 0.6 is 11.6 Å². The van der Waals surface area contributed by atoms with Crippen LogP contribution in [0.4, 0.5) is 23.7 Å². The van der Waals surface area contributed by atoms with Gasteiger partial charge >= 0.3 is 6.03 Å². The van der Waals surface area contributed by atoms with E-state index >= 15 is 0 Å². The second-order valence-electron chi connectivity index (χ2n) is 7.74. The summed E-state index contributed by atoms with van der Waals surface area (Å²) in [5, 5.41) is 2.48. The number of benzene rings is 2. The highest BCUT2D eigenvalue weighted by atomic mass is 35.5. The van der Waals surface area contributed by atoms with Gasteiger partial charge in [-0.05, 0) is 35.7 Å². The van der Waals surface area contributed by atoms with E-state index in [-0.39, 0.29) is 40.5 Å². The fraction of sp³-hybridized carbons (Fsp3) is 0.227. The van der Waals surface area contributed by atoms with Gasteiger partial charge in [0.2, 0.25) is 5.91 Å². The second-order valence-corrected chi connectivity index (χ2v) is 8.15. The number of halogens is 4. The van der Waals surface area contributed by atoms with Crippen LogP contribution in [0.5, 0.6) is 0 Å². The summed E-state index contributed by atoms with van der Waals surface area (Å²) in [5.74, 6) is -3.26. The molecule has 0 spiro atoms. The number of anilines is 1. The molecule has 172 valence electrons. The monoisotopic (exact) mass is 478 g/mol. The minimum atomic E-state index is -1.18. The van der Waals surface area contributed by atoms with Crippen molar-refractivity contribution in [2.75, 3.05) is 18.9 Å². The molecular weight excluding hydrogens is 461 g/mol. The first kappa shape index (κ1) is 22.7. The van der Waals surface area contributed by atoms with Crippen LogP contribution in [0.1, 0.15) is 24.2 Å². The Balaban J connectivity index is 1.80. The number of hydrogen-bond donors (Lipinski definition) is 2. The highest BCUT2D eigenvalue weighted by Crippen LogP contribution is 2.35. The van der Waals surface area contributed by atoms with E-state index in [0.29, 0.717) is 11.3 Å². The number of amides is 3. The molecule has 3 amide bonds. The normalized spacial score (nSPS) is 15.3. The average Bonchev–Trinajstić information content (AvgIpc) is 2.76. The molecule has 1 atom stereocenters. The summed E-state index contributed by atoms with van der Waals surface area (Å²) in [6.07, 6.45) is 0. The van der Waals surface area contributed by atoms with Crippen LogP contribution < -0.4 is 10.9 Å². The van der Waals surface area contributed by atoms with Crippen LogP contribution in [0.3, 0.4) is 0 Å². The SMILES string of the molecule is CC(=O)N1Cc2[nH]c(=O)c3cc(F)c(F)cc3c2[C@H](N(C)C(=O)Nc2ccc(F)c(Cl)c2)C1. The third kappa shape index (κ3) is 4.13. The van der Waals surface area contributed by atoms with Gasteiger partial charge in [-0.15, -0.1) is 0 Å². The lowest BCUT2D eigenvalue weighted by molar-refractivity contribution is -0.130. The van der Waals surface area contributed by atoms with Crippen molar-refractivity contribution >= 4 is 40.0 Å². The Morgan fingerprint density at radius 1 is 1.12 bits per heavy atom. The maximum Gasteiger partial charge on any atom is 0.322 e. The molecule has 7 nitrogen and oxygen atoms in total. The van der Waals surface area contributed by atoms with Crippen molar-refractivity contribution in [3.05, 3.63) is 74.4 Å². The Kier molecular flexibility index (Phi) is 5.79. The molecule has 0 bridgehead atoms. The van der Waals surface area contributed by atoms with Crippen LogP contribution in [0.25, 0.3) is 10.8 Å². The quantitative estimate of drug-likeness (QED) is 0.580. The van der Waals surface area contributed by atoms with Gasteiger partial charge in [-0.25, -0.2) is 18.0 Å². The maximum absolute atomic E-state index is 14.1. The minimum absolute atomic E-state index is 0.0361. The molecule has 2 aromatic carbocycles. The Labute approximate surface area is 190 Å². The van der Waals surface area contributed by atoms with E-state index < -0.39 is 35.1 Å². The predicted octanol–water partition coefficient (Wildman–Crippen LogP) is 4.17. The number of rotatable bonds is 2. The standard InChI is InChI=1S/C22H18ClF3N4O3/c1-10(31)30-8-18-20(12-6-16(25)17(26)7-13(12)21(32)28-18)19(9-30)29(2)22(33)27-11-3-4-15(24)14(23)5-11/h3-7,19H,8-9H2,1-2H3,(H,27,33)(H,28,32)/t19-/m1/s1. The van der Waals surface area contributed by atoms with Crippen molar-refractivity contribution in [3.63, 3.8) is 0 Å². The fourth-order valence-corrected chi connectivity index (χ4v) is 4.12. The maximum atomic E-state index is 14.1. The first-order chi connectivity index (χ1) is 15.6. The van der Waals surface area contributed by atoms with Crippen molar-refractivity contribution in [2.24, 2.45) is 0 Å². The molecule has 2 N–H and O–H groups in total. The van der Waals surface area contributed by atoms with Gasteiger partial charge in [0.1, 0.15) is 5.82 Å². The number of H-pyrrole nitrogens is 1. The number of fused-ring (bicyclic) bond motifs is 3. The van der Waals surface area contributed by atoms with Crippen LogP contribution in [0.15, 0.2) is 35.1 Å². The van der Waals surface area contributed by atoms with E-state index in [1.54, 1.807) is 0 Å². The van der Waals surface area contributed by atoms with Gasteiger partial charge in [0.05, 0.1) is 23.0 Å². The summed E-state index contributed by atoms with van der Waals surface area (Å²) in [6.45, 7) is 1.43. The van der Waals surface area contributed by atoms with Gasteiger partial charge in [0, 0.05) is 37.5 Å². The third-order valence-corrected chi connectivity index (χ3v) is 5.95. The van der Waals surface area contributed by atoms with Crippen molar-refractivity contribution in [3.8, 4) is 0 Å². The Bertz CT molecular complexity index is 1360. The fourth-order valence-electron chi connectivity index (χ4n) is 3.94. The molecule has 11 heteroatoms. The molecule has 33 heavy (non-hydrogen) atoms. The van der Waals surface area contributed by atoms with Gasteiger partial charge in [-0.2, -0.15) is 0 Å². The number of pyridine rings is 1. The zero-order valence-corrected chi connectivity index (χ0v) is 18.3. The minimum Gasteiger partial charge on any atom is -0.335 e. The highest BCUT2D eigenvalue weighted by Gasteiger charge is 2.34. The lowest BCUT2D eigenvalue weighted by Gasteiger charge is -2.39. The number of urea groups is 1. The molecule has 0 unspecified atom stereocenters. The zero-order chi connectivity index (χ0) is 24.0. The van der Waals surface area contributed by atoms with E-state index in [9.17, 15) is 27.6 Å². The summed E-state index contributed by atoms with van der Waals surface area (Å²) < 4.78 is 41.4. The van der Waals surface area contributed by atoms with Crippen LogP contribution in [-0.4, -0.2) is 40.3 Å². The third-order valence-electron chi connectivity index (χ3n) is 5.66. The van der Waals surface area contributed by atoms with E-state index in [0.717, 1.165) is 18.2 Å². The van der Waals surface area contributed by atoms with Gasteiger partial charge < -0.3 is 20.1 Å². The second kappa shape index (κ2) is 8.43. The topological polar surface area (TPSA) is 85.5 Å². The van der Waals surface area contributed by atoms with E-state index in [2.05, 4.69) is 10.3 Å². The Morgan fingerprint density at radius 2 is 1.79 bits per heavy atom. The van der Waals surface area contributed by atoms with Gasteiger partial charge in [0.15, 0.2) is 11.6 Å². The van der Waals surface area contributed by atoms with Crippen molar-refractivity contribution < 1.29 is 22.8 Å². The van der Waals surface area contributed by atoms with Gasteiger partial charge in [0.25, 0.3) is 5.56 Å². The summed E-state index contributed by atoms with van der Waals surface area (Å²) in [5.41, 5.74) is 0.308. The number of hydrogen-bond acceptors (Lipinski definition) is 3. The predicted molar refractivity (Wildman–Crippen MR) is 117 cm³/mol. The molecule has 0 aliphatic carbocycles. The smallest absolute Gasteiger partial charge is 0.322 e. The summed E-state index contributed by atoms with van der Waals surface area (Å²) in [6, 6.07) is 3.96. The number of likely N-dealkylation sites (N-methyl/N-ethyl adjacent to an activating group) is 1. The number of aromatic nitrogens is 1. The lowest BCUT2D eigenvalue weighted by atomic mass is 9.93. The first-order valence-corrected chi connectivity index (χ1v) is 10.2.